The largest absolute Gasteiger partial charge is 0.452 e. The number of carbonyl (C=O) groups excluding carboxylic acids is 2. The van der Waals surface area contributed by atoms with E-state index < -0.39 is 28.9 Å². The van der Waals surface area contributed by atoms with Gasteiger partial charge in [-0.25, -0.2) is 4.79 Å². The van der Waals surface area contributed by atoms with Gasteiger partial charge in [0.2, 0.25) is 0 Å². The van der Waals surface area contributed by atoms with Gasteiger partial charge in [0.1, 0.15) is 5.54 Å². The van der Waals surface area contributed by atoms with Gasteiger partial charge in [0, 0.05) is 12.1 Å². The first-order chi connectivity index (χ1) is 11.3. The number of nitrogens with zero attached hydrogens (tertiary/aromatic N) is 2. The summed E-state index contributed by atoms with van der Waals surface area (Å²) < 4.78 is 4.85. The predicted molar refractivity (Wildman–Crippen MR) is 83.3 cm³/mol. The van der Waals surface area contributed by atoms with Crippen LogP contribution in [0.15, 0.2) is 18.2 Å². The van der Waals surface area contributed by atoms with Crippen molar-refractivity contribution in [3.8, 4) is 6.07 Å². The molecule has 9 heteroatoms. The Hall–Kier alpha value is -2.66. The van der Waals surface area contributed by atoms with Crippen LogP contribution in [0.5, 0.6) is 0 Å². The zero-order valence-corrected chi connectivity index (χ0v) is 13.5. The Morgan fingerprint density at radius 1 is 1.54 bits per heavy atom. The molecule has 1 N–H and O–H groups in total. The van der Waals surface area contributed by atoms with Crippen molar-refractivity contribution in [3.63, 3.8) is 0 Å². The molecule has 2 rings (SSSR count). The van der Waals surface area contributed by atoms with Gasteiger partial charge in [-0.1, -0.05) is 11.6 Å². The van der Waals surface area contributed by atoms with Gasteiger partial charge >= 0.3 is 5.97 Å². The Balaban J connectivity index is 1.94. The highest BCUT2D eigenvalue weighted by atomic mass is 35.5. The number of ether oxygens (including phenoxy) is 1. The highest BCUT2D eigenvalue weighted by Crippen LogP contribution is 2.39. The van der Waals surface area contributed by atoms with Crippen molar-refractivity contribution in [1.82, 2.24) is 5.32 Å². The summed E-state index contributed by atoms with van der Waals surface area (Å²) >= 11 is 5.81. The number of non-ortho nitro benzene ring substituents is 1. The second kappa shape index (κ2) is 6.84. The molecule has 8 nitrogen and oxygen atoms in total. The Kier molecular flexibility index (Phi) is 5.04. The van der Waals surface area contributed by atoms with Crippen molar-refractivity contribution < 1.29 is 19.2 Å². The van der Waals surface area contributed by atoms with Gasteiger partial charge in [-0.2, -0.15) is 5.26 Å². The summed E-state index contributed by atoms with van der Waals surface area (Å²) in [5.74, 6) is -1.38. The van der Waals surface area contributed by atoms with E-state index in [2.05, 4.69) is 11.4 Å². The third-order valence-electron chi connectivity index (χ3n) is 3.74. The molecule has 1 saturated carbocycles. The molecule has 126 valence electrons. The van der Waals surface area contributed by atoms with Gasteiger partial charge in [-0.15, -0.1) is 0 Å². The van der Waals surface area contributed by atoms with Crippen LogP contribution in [0.2, 0.25) is 5.02 Å². The predicted octanol–water partition coefficient (Wildman–Crippen LogP) is 2.21. The number of hydrogen-bond acceptors (Lipinski definition) is 6. The first-order valence-corrected chi connectivity index (χ1v) is 7.48. The van der Waals surface area contributed by atoms with Crippen LogP contribution in [0, 0.1) is 27.4 Å². The lowest BCUT2D eigenvalue weighted by atomic mass is 9.98. The maximum Gasteiger partial charge on any atom is 0.340 e. The van der Waals surface area contributed by atoms with Gasteiger partial charge < -0.3 is 10.1 Å². The number of rotatable bonds is 6. The topological polar surface area (TPSA) is 122 Å². The fraction of sp³-hybridized carbons (Fsp3) is 0.400. The fourth-order valence-electron chi connectivity index (χ4n) is 2.20. The first kappa shape index (κ1) is 17.7. The van der Waals surface area contributed by atoms with Crippen molar-refractivity contribution >= 4 is 29.2 Å². The van der Waals surface area contributed by atoms with Crippen LogP contribution in [0.3, 0.4) is 0 Å². The summed E-state index contributed by atoms with van der Waals surface area (Å²) in [6, 6.07) is 5.36. The van der Waals surface area contributed by atoms with Gasteiger partial charge in [-0.05, 0) is 31.7 Å². The number of halogens is 1. The van der Waals surface area contributed by atoms with Crippen molar-refractivity contribution in [2.24, 2.45) is 5.92 Å². The van der Waals surface area contributed by atoms with Gasteiger partial charge in [0.15, 0.2) is 6.61 Å². The zero-order valence-electron chi connectivity index (χ0n) is 12.7. The lowest BCUT2D eigenvalue weighted by Crippen LogP contribution is -2.48. The number of benzene rings is 1. The highest BCUT2D eigenvalue weighted by molar-refractivity contribution is 6.33. The van der Waals surface area contributed by atoms with E-state index in [4.69, 9.17) is 21.6 Å². The van der Waals surface area contributed by atoms with E-state index in [0.29, 0.717) is 0 Å². The summed E-state index contributed by atoms with van der Waals surface area (Å²) in [5, 5.41) is 22.2. The third-order valence-corrected chi connectivity index (χ3v) is 4.06. The third kappa shape index (κ3) is 4.00. The van der Waals surface area contributed by atoms with Crippen LogP contribution in [-0.4, -0.2) is 28.9 Å². The summed E-state index contributed by atoms with van der Waals surface area (Å²) in [7, 11) is 0. The minimum Gasteiger partial charge on any atom is -0.452 e. The Morgan fingerprint density at radius 3 is 2.71 bits per heavy atom. The maximum atomic E-state index is 11.9. The average Bonchev–Trinajstić information content (AvgIpc) is 3.37. The van der Waals surface area contributed by atoms with Crippen LogP contribution in [0.1, 0.15) is 30.1 Å². The van der Waals surface area contributed by atoms with E-state index in [1.54, 1.807) is 6.92 Å². The SMILES string of the molecule is C[C@@](C#N)(NC(=O)COC(=O)c1ccc([N+](=O)[O-])cc1Cl)C1CC1. The zero-order chi connectivity index (χ0) is 17.9. The molecule has 0 aliphatic heterocycles. The Bertz CT molecular complexity index is 741. The molecular weight excluding hydrogens is 338 g/mol. The number of hydrogen-bond donors (Lipinski definition) is 1. The molecule has 0 saturated heterocycles. The molecule has 1 aliphatic carbocycles. The molecular formula is C15H14ClN3O5. The summed E-state index contributed by atoms with van der Waals surface area (Å²) in [6.45, 7) is 1.05. The summed E-state index contributed by atoms with van der Waals surface area (Å²) in [6.07, 6.45) is 1.73. The molecule has 0 spiro atoms. The van der Waals surface area contributed by atoms with Crippen LogP contribution >= 0.6 is 11.6 Å². The molecule has 1 atom stereocenters. The number of esters is 1. The van der Waals surface area contributed by atoms with Crippen LogP contribution in [0.25, 0.3) is 0 Å². The van der Waals surface area contributed by atoms with Gasteiger partial charge in [0.05, 0.1) is 21.6 Å². The Labute approximate surface area is 142 Å². The van der Waals surface area contributed by atoms with E-state index in [0.717, 1.165) is 31.0 Å². The second-order valence-corrected chi connectivity index (χ2v) is 6.04. The quantitative estimate of drug-likeness (QED) is 0.476. The summed E-state index contributed by atoms with van der Waals surface area (Å²) in [5.41, 5.74) is -1.32. The molecule has 1 fully saturated rings. The van der Waals surface area contributed by atoms with Crippen molar-refractivity contribution in [2.45, 2.75) is 25.3 Å². The lowest BCUT2D eigenvalue weighted by molar-refractivity contribution is -0.384. The normalized spacial score (nSPS) is 15.7. The molecule has 0 unspecified atom stereocenters. The fourth-order valence-corrected chi connectivity index (χ4v) is 2.45. The van der Waals surface area contributed by atoms with Crippen LogP contribution in [0.4, 0.5) is 5.69 Å². The van der Waals surface area contributed by atoms with Gasteiger partial charge in [0.25, 0.3) is 11.6 Å². The van der Waals surface area contributed by atoms with Crippen molar-refractivity contribution in [2.75, 3.05) is 6.61 Å². The second-order valence-electron chi connectivity index (χ2n) is 5.63. The van der Waals surface area contributed by atoms with E-state index >= 15 is 0 Å². The maximum absolute atomic E-state index is 11.9. The molecule has 1 amide bonds. The number of nitriles is 1. The molecule has 1 aliphatic rings. The van der Waals surface area contributed by atoms with Crippen LogP contribution < -0.4 is 5.32 Å². The van der Waals surface area contributed by atoms with Gasteiger partial charge in [-0.3, -0.25) is 14.9 Å². The summed E-state index contributed by atoms with van der Waals surface area (Å²) in [4.78, 5) is 33.7. The van der Waals surface area contributed by atoms with E-state index in [9.17, 15) is 19.7 Å². The molecule has 24 heavy (non-hydrogen) atoms. The minimum atomic E-state index is -0.978. The number of nitro groups is 1. The van der Waals surface area contributed by atoms with Crippen LogP contribution in [-0.2, 0) is 9.53 Å². The standard InChI is InChI=1S/C15H14ClN3O5/c1-15(8-17,9-2-3-9)18-13(20)7-24-14(21)11-5-4-10(19(22)23)6-12(11)16/h4-6,9H,2-3,7H2,1H3,(H,18,20)/t15-/m0/s1. The monoisotopic (exact) mass is 351 g/mol. The number of nitro benzene ring substituents is 1. The molecule has 0 heterocycles. The smallest absolute Gasteiger partial charge is 0.340 e. The minimum absolute atomic E-state index is 0.0831. The first-order valence-electron chi connectivity index (χ1n) is 7.10. The lowest BCUT2D eigenvalue weighted by Gasteiger charge is -2.22. The van der Waals surface area contributed by atoms with E-state index in [-0.39, 0.29) is 22.2 Å². The number of amides is 1. The molecule has 1 aromatic carbocycles. The number of carbonyl (C=O) groups is 2. The molecule has 0 radical (unpaired) electrons. The average molecular weight is 352 g/mol. The molecule has 0 bridgehead atoms. The molecule has 1 aromatic rings. The molecule has 0 aromatic heterocycles. The van der Waals surface area contributed by atoms with Crippen molar-refractivity contribution in [3.05, 3.63) is 38.9 Å². The highest BCUT2D eigenvalue weighted by Gasteiger charge is 2.43. The van der Waals surface area contributed by atoms with E-state index in [1.807, 2.05) is 0 Å². The Morgan fingerprint density at radius 2 is 2.21 bits per heavy atom. The van der Waals surface area contributed by atoms with Crippen molar-refractivity contribution in [1.29, 1.82) is 5.26 Å². The number of nitrogens with one attached hydrogen (secondary N) is 1. The van der Waals surface area contributed by atoms with E-state index in [1.165, 1.54) is 0 Å².